The van der Waals surface area contributed by atoms with Gasteiger partial charge in [0.05, 0.1) is 19.6 Å². The number of aliphatic carboxylic acids is 1. The van der Waals surface area contributed by atoms with Crippen molar-refractivity contribution in [1.82, 2.24) is 4.90 Å². The second-order valence-electron chi connectivity index (χ2n) is 7.51. The highest BCUT2D eigenvalue weighted by Gasteiger charge is 2.35. The molecule has 0 fully saturated rings. The van der Waals surface area contributed by atoms with Crippen LogP contribution in [0.2, 0.25) is 0 Å². The van der Waals surface area contributed by atoms with E-state index >= 15 is 0 Å². The second kappa shape index (κ2) is 6.83. The molecule has 0 radical (unpaired) electrons. The molecule has 2 rings (SSSR count). The van der Waals surface area contributed by atoms with E-state index in [1.54, 1.807) is 7.11 Å². The Morgan fingerprint density at radius 2 is 1.96 bits per heavy atom. The summed E-state index contributed by atoms with van der Waals surface area (Å²) in [5, 5.41) is 9.02. The lowest BCUT2D eigenvalue weighted by atomic mass is 9.83. The number of ether oxygens (including phenoxy) is 1. The number of hydrogen-bond acceptors (Lipinski definition) is 3. The van der Waals surface area contributed by atoms with E-state index in [9.17, 15) is 9.59 Å². The third-order valence-corrected chi connectivity index (χ3v) is 4.76. The predicted molar refractivity (Wildman–Crippen MR) is 92.1 cm³/mol. The number of hydrogen-bond donors (Lipinski definition) is 1. The number of carbonyl (C=O) groups is 2. The number of methoxy groups -OCH3 is 1. The molecule has 1 aliphatic rings. The van der Waals surface area contributed by atoms with Gasteiger partial charge in [-0.3, -0.25) is 9.59 Å². The fourth-order valence-electron chi connectivity index (χ4n) is 3.68. The normalized spacial score (nSPS) is 20.5. The number of carboxylic acid groups (broad SMARTS) is 1. The largest absolute Gasteiger partial charge is 0.497 e. The zero-order valence-electron chi connectivity index (χ0n) is 15.1. The van der Waals surface area contributed by atoms with Gasteiger partial charge >= 0.3 is 5.97 Å². The average molecular weight is 333 g/mol. The van der Waals surface area contributed by atoms with Crippen LogP contribution in [0.4, 0.5) is 0 Å². The van der Waals surface area contributed by atoms with Gasteiger partial charge in [-0.1, -0.05) is 19.9 Å². The van der Waals surface area contributed by atoms with Gasteiger partial charge in [0.1, 0.15) is 5.75 Å². The lowest BCUT2D eigenvalue weighted by Crippen LogP contribution is -2.46. The standard InChI is InChI=1S/C19H27NO4/c1-12-8-14-9-15(24-5)6-7-16(14)13(2)20(12)17(21)10-19(3,4)11-18(22)23/h6-7,9,12-13H,8,10-11H2,1-5H3,(H,22,23). The smallest absolute Gasteiger partial charge is 0.303 e. The molecule has 1 aliphatic heterocycles. The zero-order chi connectivity index (χ0) is 18.1. The summed E-state index contributed by atoms with van der Waals surface area (Å²) >= 11 is 0. The van der Waals surface area contributed by atoms with Crippen LogP contribution < -0.4 is 4.74 Å². The van der Waals surface area contributed by atoms with E-state index in [-0.39, 0.29) is 30.8 Å². The van der Waals surface area contributed by atoms with E-state index in [1.807, 2.05) is 50.8 Å². The Labute approximate surface area is 143 Å². The number of benzene rings is 1. The van der Waals surface area contributed by atoms with E-state index in [0.29, 0.717) is 0 Å². The second-order valence-corrected chi connectivity index (χ2v) is 7.51. The van der Waals surface area contributed by atoms with E-state index in [2.05, 4.69) is 0 Å². The molecule has 5 nitrogen and oxygen atoms in total. The maximum Gasteiger partial charge on any atom is 0.303 e. The minimum absolute atomic E-state index is 0.0108. The molecular formula is C19H27NO4. The molecule has 1 amide bonds. The maximum absolute atomic E-state index is 12.9. The first kappa shape index (κ1) is 18.3. The van der Waals surface area contributed by atoms with Crippen LogP contribution in [-0.4, -0.2) is 35.0 Å². The van der Waals surface area contributed by atoms with Crippen molar-refractivity contribution >= 4 is 11.9 Å². The lowest BCUT2D eigenvalue weighted by Gasteiger charge is -2.41. The Morgan fingerprint density at radius 3 is 2.54 bits per heavy atom. The summed E-state index contributed by atoms with van der Waals surface area (Å²) in [6.45, 7) is 7.73. The van der Waals surface area contributed by atoms with Crippen LogP contribution in [0.1, 0.15) is 57.7 Å². The van der Waals surface area contributed by atoms with Crippen LogP contribution in [0, 0.1) is 5.41 Å². The zero-order valence-corrected chi connectivity index (χ0v) is 15.1. The van der Waals surface area contributed by atoms with Gasteiger partial charge in [-0.25, -0.2) is 0 Å². The Hall–Kier alpha value is -2.04. The third kappa shape index (κ3) is 3.89. The van der Waals surface area contributed by atoms with Crippen molar-refractivity contribution in [2.45, 2.75) is 59.0 Å². The summed E-state index contributed by atoms with van der Waals surface area (Å²) in [6, 6.07) is 6.03. The summed E-state index contributed by atoms with van der Waals surface area (Å²) in [5.74, 6) is -0.0248. The van der Waals surface area contributed by atoms with Gasteiger partial charge in [-0.05, 0) is 48.9 Å². The predicted octanol–water partition coefficient (Wildman–Crippen LogP) is 3.42. The molecule has 0 saturated heterocycles. The molecule has 0 spiro atoms. The fourth-order valence-corrected chi connectivity index (χ4v) is 3.68. The van der Waals surface area contributed by atoms with Crippen molar-refractivity contribution in [2.75, 3.05) is 7.11 Å². The van der Waals surface area contributed by atoms with Crippen LogP contribution in [0.15, 0.2) is 18.2 Å². The molecule has 1 N–H and O–H groups in total. The summed E-state index contributed by atoms with van der Waals surface area (Å²) in [6.07, 6.45) is 1.00. The molecule has 0 bridgehead atoms. The van der Waals surface area contributed by atoms with Gasteiger partial charge in [0.2, 0.25) is 5.91 Å². The number of carboxylic acids is 1. The molecule has 1 aromatic carbocycles. The Kier molecular flexibility index (Phi) is 5.21. The molecule has 0 aromatic heterocycles. The molecule has 0 aliphatic carbocycles. The van der Waals surface area contributed by atoms with Gasteiger partial charge in [0.15, 0.2) is 0 Å². The monoisotopic (exact) mass is 333 g/mol. The van der Waals surface area contributed by atoms with E-state index in [1.165, 1.54) is 5.56 Å². The van der Waals surface area contributed by atoms with E-state index < -0.39 is 11.4 Å². The van der Waals surface area contributed by atoms with Crippen LogP contribution in [-0.2, 0) is 16.0 Å². The van der Waals surface area contributed by atoms with Crippen LogP contribution in [0.3, 0.4) is 0 Å². The van der Waals surface area contributed by atoms with Gasteiger partial charge in [0, 0.05) is 12.5 Å². The van der Waals surface area contributed by atoms with E-state index in [0.717, 1.165) is 17.7 Å². The fraction of sp³-hybridized carbons (Fsp3) is 0.579. The van der Waals surface area contributed by atoms with Crippen molar-refractivity contribution in [3.8, 4) is 5.75 Å². The molecule has 132 valence electrons. The summed E-state index contributed by atoms with van der Waals surface area (Å²) in [5.41, 5.74) is 1.80. The van der Waals surface area contributed by atoms with Crippen molar-refractivity contribution < 1.29 is 19.4 Å². The minimum atomic E-state index is -0.870. The molecule has 5 heteroatoms. The Balaban J connectivity index is 2.21. The first-order valence-electron chi connectivity index (χ1n) is 8.34. The van der Waals surface area contributed by atoms with Gasteiger partial charge in [-0.2, -0.15) is 0 Å². The molecule has 0 saturated carbocycles. The molecule has 2 atom stereocenters. The van der Waals surface area contributed by atoms with Crippen molar-refractivity contribution in [3.63, 3.8) is 0 Å². The van der Waals surface area contributed by atoms with Crippen LogP contribution in [0.5, 0.6) is 5.75 Å². The number of carbonyl (C=O) groups excluding carboxylic acids is 1. The first-order chi connectivity index (χ1) is 11.1. The Bertz CT molecular complexity index is 638. The minimum Gasteiger partial charge on any atom is -0.497 e. The quantitative estimate of drug-likeness (QED) is 0.896. The van der Waals surface area contributed by atoms with Crippen LogP contribution >= 0.6 is 0 Å². The SMILES string of the molecule is COc1ccc2c(c1)CC(C)N(C(=O)CC(C)(C)CC(=O)O)C2C. The summed E-state index contributed by atoms with van der Waals surface area (Å²) in [7, 11) is 1.65. The summed E-state index contributed by atoms with van der Waals surface area (Å²) in [4.78, 5) is 25.7. The molecule has 2 unspecified atom stereocenters. The van der Waals surface area contributed by atoms with Gasteiger partial charge in [0.25, 0.3) is 0 Å². The number of fused-ring (bicyclic) bond motifs is 1. The average Bonchev–Trinajstić information content (AvgIpc) is 2.44. The highest BCUT2D eigenvalue weighted by molar-refractivity contribution is 5.79. The molecule has 24 heavy (non-hydrogen) atoms. The topological polar surface area (TPSA) is 66.8 Å². The lowest BCUT2D eigenvalue weighted by molar-refractivity contribution is -0.142. The highest BCUT2D eigenvalue weighted by Crippen LogP contribution is 2.37. The molecular weight excluding hydrogens is 306 g/mol. The maximum atomic E-state index is 12.9. The number of rotatable bonds is 5. The van der Waals surface area contributed by atoms with Gasteiger partial charge < -0.3 is 14.7 Å². The van der Waals surface area contributed by atoms with Crippen molar-refractivity contribution in [2.24, 2.45) is 5.41 Å². The van der Waals surface area contributed by atoms with Gasteiger partial charge in [-0.15, -0.1) is 0 Å². The number of amides is 1. The molecule has 1 aromatic rings. The van der Waals surface area contributed by atoms with Crippen molar-refractivity contribution in [1.29, 1.82) is 0 Å². The van der Waals surface area contributed by atoms with Crippen molar-refractivity contribution in [3.05, 3.63) is 29.3 Å². The molecule has 1 heterocycles. The summed E-state index contributed by atoms with van der Waals surface area (Å²) < 4.78 is 5.29. The third-order valence-electron chi connectivity index (χ3n) is 4.76. The van der Waals surface area contributed by atoms with E-state index in [4.69, 9.17) is 9.84 Å². The number of nitrogens with zero attached hydrogens (tertiary/aromatic N) is 1. The first-order valence-corrected chi connectivity index (χ1v) is 8.34. The van der Waals surface area contributed by atoms with Crippen LogP contribution in [0.25, 0.3) is 0 Å². The Morgan fingerprint density at radius 1 is 1.29 bits per heavy atom. The highest BCUT2D eigenvalue weighted by atomic mass is 16.5.